The molecule has 1 fully saturated rings. The number of ether oxygens (including phenoxy) is 2. The quantitative estimate of drug-likeness (QED) is 0.748. The van der Waals surface area contributed by atoms with Gasteiger partial charge in [0.25, 0.3) is 11.8 Å². The van der Waals surface area contributed by atoms with Crippen LogP contribution >= 0.6 is 0 Å². The summed E-state index contributed by atoms with van der Waals surface area (Å²) in [5.41, 5.74) is 1.89. The summed E-state index contributed by atoms with van der Waals surface area (Å²) >= 11 is 0. The van der Waals surface area contributed by atoms with Crippen molar-refractivity contribution in [3.63, 3.8) is 0 Å². The van der Waals surface area contributed by atoms with Crippen LogP contribution in [0, 0.1) is 0 Å². The summed E-state index contributed by atoms with van der Waals surface area (Å²) < 4.78 is 10.3. The Balaban J connectivity index is 1.61. The molecule has 3 rings (SSSR count). The van der Waals surface area contributed by atoms with E-state index in [4.69, 9.17) is 9.47 Å². The van der Waals surface area contributed by atoms with E-state index in [-0.39, 0.29) is 18.4 Å². The third-order valence-corrected chi connectivity index (χ3v) is 4.27. The molecule has 146 valence electrons. The molecule has 1 aliphatic heterocycles. The van der Waals surface area contributed by atoms with Gasteiger partial charge in [0.2, 0.25) is 0 Å². The summed E-state index contributed by atoms with van der Waals surface area (Å²) in [5.74, 6) is -0.937. The van der Waals surface area contributed by atoms with Crippen LogP contribution in [0.15, 0.2) is 48.5 Å². The lowest BCUT2D eigenvalue weighted by atomic mass is 10.1. The van der Waals surface area contributed by atoms with E-state index in [0.29, 0.717) is 29.1 Å². The summed E-state index contributed by atoms with van der Waals surface area (Å²) in [6.45, 7) is 2.62. The van der Waals surface area contributed by atoms with E-state index in [9.17, 15) is 14.4 Å². The molecule has 1 saturated heterocycles. The van der Waals surface area contributed by atoms with Crippen molar-refractivity contribution in [1.82, 2.24) is 0 Å². The second kappa shape index (κ2) is 9.14. The Morgan fingerprint density at radius 2 is 1.82 bits per heavy atom. The first kappa shape index (κ1) is 19.6. The molecule has 0 bridgehead atoms. The molecule has 7 heteroatoms. The van der Waals surface area contributed by atoms with Crippen LogP contribution in [0.5, 0.6) is 0 Å². The highest BCUT2D eigenvalue weighted by Gasteiger charge is 2.23. The number of hydrogen-bond acceptors (Lipinski definition) is 5. The second-order valence-electron chi connectivity index (χ2n) is 6.32. The molecular weight excluding hydrogens is 360 g/mol. The molecule has 2 aromatic rings. The highest BCUT2D eigenvalue weighted by atomic mass is 16.5. The summed E-state index contributed by atoms with van der Waals surface area (Å²) in [7, 11) is 0. The summed E-state index contributed by atoms with van der Waals surface area (Å²) in [6.07, 6.45) is 1.20. The number of nitrogens with one attached hydrogen (secondary N) is 2. The standard InChI is InChI=1S/C21H22N2O5/c1-2-27-21(26)15-5-3-6-17(13-15)23-19(24)14-8-10-16(11-9-14)22-20(25)18-7-4-12-28-18/h3,5-6,8-11,13,18H,2,4,7,12H2,1H3,(H,22,25)(H,23,24)/t18-/m1/s1. The lowest BCUT2D eigenvalue weighted by Gasteiger charge is -2.11. The van der Waals surface area contributed by atoms with Crippen molar-refractivity contribution >= 4 is 29.2 Å². The largest absolute Gasteiger partial charge is 0.462 e. The molecular formula is C21H22N2O5. The molecule has 1 atom stereocenters. The van der Waals surface area contributed by atoms with Gasteiger partial charge in [-0.25, -0.2) is 4.79 Å². The first-order chi connectivity index (χ1) is 13.6. The van der Waals surface area contributed by atoms with Gasteiger partial charge in [-0.3, -0.25) is 9.59 Å². The van der Waals surface area contributed by atoms with Crippen LogP contribution in [0.4, 0.5) is 11.4 Å². The highest BCUT2D eigenvalue weighted by molar-refractivity contribution is 6.05. The molecule has 2 N–H and O–H groups in total. The summed E-state index contributed by atoms with van der Waals surface area (Å²) in [5, 5.41) is 5.53. The maximum absolute atomic E-state index is 12.4. The minimum atomic E-state index is -0.440. The van der Waals surface area contributed by atoms with Gasteiger partial charge in [0.05, 0.1) is 12.2 Å². The normalized spacial score (nSPS) is 15.7. The number of anilines is 2. The van der Waals surface area contributed by atoms with Crippen LogP contribution < -0.4 is 10.6 Å². The number of esters is 1. The van der Waals surface area contributed by atoms with Crippen LogP contribution in [-0.2, 0) is 14.3 Å². The number of hydrogen-bond donors (Lipinski definition) is 2. The minimum absolute atomic E-state index is 0.175. The predicted molar refractivity (Wildman–Crippen MR) is 104 cm³/mol. The van der Waals surface area contributed by atoms with Crippen LogP contribution in [0.1, 0.15) is 40.5 Å². The van der Waals surface area contributed by atoms with Crippen LogP contribution in [0.3, 0.4) is 0 Å². The summed E-state index contributed by atoms with van der Waals surface area (Å²) in [4.78, 5) is 36.3. The van der Waals surface area contributed by atoms with E-state index < -0.39 is 12.1 Å². The van der Waals surface area contributed by atoms with Crippen LogP contribution in [0.25, 0.3) is 0 Å². The number of benzene rings is 2. The molecule has 2 amide bonds. The first-order valence-corrected chi connectivity index (χ1v) is 9.18. The second-order valence-corrected chi connectivity index (χ2v) is 6.32. The molecule has 7 nitrogen and oxygen atoms in total. The van der Waals surface area contributed by atoms with E-state index >= 15 is 0 Å². The third-order valence-electron chi connectivity index (χ3n) is 4.27. The smallest absolute Gasteiger partial charge is 0.338 e. The van der Waals surface area contributed by atoms with Crippen molar-refractivity contribution in [2.24, 2.45) is 0 Å². The molecule has 0 saturated carbocycles. The van der Waals surface area contributed by atoms with E-state index in [1.54, 1.807) is 55.5 Å². The van der Waals surface area contributed by atoms with Crippen molar-refractivity contribution < 1.29 is 23.9 Å². The third kappa shape index (κ3) is 4.95. The molecule has 28 heavy (non-hydrogen) atoms. The summed E-state index contributed by atoms with van der Waals surface area (Å²) in [6, 6.07) is 13.1. The lowest BCUT2D eigenvalue weighted by Crippen LogP contribution is -2.26. The zero-order valence-electron chi connectivity index (χ0n) is 15.6. The Morgan fingerprint density at radius 3 is 2.50 bits per heavy atom. The molecule has 1 aliphatic rings. The van der Waals surface area contributed by atoms with Gasteiger partial charge in [-0.1, -0.05) is 6.07 Å². The van der Waals surface area contributed by atoms with E-state index in [1.165, 1.54) is 0 Å². The monoisotopic (exact) mass is 382 g/mol. The van der Waals surface area contributed by atoms with Crippen LogP contribution in [0.2, 0.25) is 0 Å². The lowest BCUT2D eigenvalue weighted by molar-refractivity contribution is -0.124. The van der Waals surface area contributed by atoms with E-state index in [1.807, 2.05) is 0 Å². The van der Waals surface area contributed by atoms with Gasteiger partial charge in [-0.2, -0.15) is 0 Å². The zero-order valence-corrected chi connectivity index (χ0v) is 15.6. The molecule has 0 radical (unpaired) electrons. The Labute approximate surface area is 163 Å². The molecule has 0 aliphatic carbocycles. The van der Waals surface area contributed by atoms with Crippen molar-refractivity contribution in [2.45, 2.75) is 25.9 Å². The predicted octanol–water partition coefficient (Wildman–Crippen LogP) is 3.23. The number of carbonyl (C=O) groups is 3. The van der Waals surface area contributed by atoms with Crippen LogP contribution in [-0.4, -0.2) is 37.1 Å². The van der Waals surface area contributed by atoms with E-state index in [0.717, 1.165) is 12.8 Å². The fourth-order valence-electron chi connectivity index (χ4n) is 2.85. The maximum atomic E-state index is 12.4. The topological polar surface area (TPSA) is 93.7 Å². The van der Waals surface area contributed by atoms with Gasteiger partial charge in [0.1, 0.15) is 6.10 Å². The molecule has 0 aromatic heterocycles. The SMILES string of the molecule is CCOC(=O)c1cccc(NC(=O)c2ccc(NC(=O)[C@H]3CCCO3)cc2)c1. The molecule has 1 heterocycles. The Morgan fingerprint density at radius 1 is 1.04 bits per heavy atom. The van der Waals surface area contributed by atoms with Crippen molar-refractivity contribution in [2.75, 3.05) is 23.8 Å². The zero-order chi connectivity index (χ0) is 19.9. The van der Waals surface area contributed by atoms with Gasteiger partial charge < -0.3 is 20.1 Å². The minimum Gasteiger partial charge on any atom is -0.462 e. The Bertz CT molecular complexity index is 857. The van der Waals surface area contributed by atoms with Gasteiger partial charge in [0.15, 0.2) is 0 Å². The fraction of sp³-hybridized carbons (Fsp3) is 0.286. The van der Waals surface area contributed by atoms with Crippen molar-refractivity contribution in [3.05, 3.63) is 59.7 Å². The fourth-order valence-corrected chi connectivity index (χ4v) is 2.85. The van der Waals surface area contributed by atoms with Gasteiger partial charge in [-0.05, 0) is 62.2 Å². The molecule has 2 aromatic carbocycles. The van der Waals surface area contributed by atoms with Gasteiger partial charge in [-0.15, -0.1) is 0 Å². The Kier molecular flexibility index (Phi) is 6.39. The maximum Gasteiger partial charge on any atom is 0.338 e. The molecule has 0 spiro atoms. The van der Waals surface area contributed by atoms with Gasteiger partial charge >= 0.3 is 5.97 Å². The first-order valence-electron chi connectivity index (χ1n) is 9.18. The average molecular weight is 382 g/mol. The number of amides is 2. The van der Waals surface area contributed by atoms with E-state index in [2.05, 4.69) is 10.6 Å². The van der Waals surface area contributed by atoms with Crippen molar-refractivity contribution in [3.8, 4) is 0 Å². The molecule has 0 unspecified atom stereocenters. The highest BCUT2D eigenvalue weighted by Crippen LogP contribution is 2.17. The Hall–Kier alpha value is -3.19. The number of rotatable bonds is 6. The van der Waals surface area contributed by atoms with Crippen molar-refractivity contribution in [1.29, 1.82) is 0 Å². The van der Waals surface area contributed by atoms with Gasteiger partial charge in [0, 0.05) is 23.5 Å². The average Bonchev–Trinajstić information content (AvgIpc) is 3.24. The number of carbonyl (C=O) groups excluding carboxylic acids is 3.